The lowest BCUT2D eigenvalue weighted by Gasteiger charge is -2.02. The van der Waals surface area contributed by atoms with Gasteiger partial charge in [0.25, 0.3) is 0 Å². The largest absolute Gasteiger partial charge is 0.464 e. The Morgan fingerprint density at radius 3 is 2.89 bits per heavy atom. The fourth-order valence-corrected chi connectivity index (χ4v) is 2.34. The molecular weight excluding hydrogens is 279 g/mol. The molecule has 1 aromatic heterocycles. The second kappa shape index (κ2) is 4.91. The number of nitrogens with two attached hydrogens (primary N) is 1. The van der Waals surface area contributed by atoms with Gasteiger partial charge in [0.15, 0.2) is 10.8 Å². The van der Waals surface area contributed by atoms with Crippen LogP contribution in [0.15, 0.2) is 18.2 Å². The van der Waals surface area contributed by atoms with Crippen molar-refractivity contribution in [3.8, 4) is 10.4 Å². The summed E-state index contributed by atoms with van der Waals surface area (Å²) >= 11 is 6.68. The number of halogens is 2. The molecule has 0 atom stereocenters. The summed E-state index contributed by atoms with van der Waals surface area (Å²) < 4.78 is 18.0. The molecule has 0 spiro atoms. The number of hydrogen-bond acceptors (Lipinski definition) is 5. The van der Waals surface area contributed by atoms with Crippen molar-refractivity contribution in [2.24, 2.45) is 0 Å². The minimum absolute atomic E-state index is 0.0101. The lowest BCUT2D eigenvalue weighted by Crippen LogP contribution is -2.03. The number of ether oxygens (including phenoxy) is 1. The van der Waals surface area contributed by atoms with Crippen molar-refractivity contribution in [3.05, 3.63) is 34.7 Å². The topological polar surface area (TPSA) is 65.2 Å². The number of nitrogen functional groups attached to an aromatic ring is 1. The highest BCUT2D eigenvalue weighted by molar-refractivity contribution is 7.19. The first-order valence-corrected chi connectivity index (χ1v) is 6.02. The first-order valence-electron chi connectivity index (χ1n) is 4.83. The molecular formula is C11H8ClFN2O2S. The lowest BCUT2D eigenvalue weighted by molar-refractivity contribution is 0.0596. The van der Waals surface area contributed by atoms with Gasteiger partial charge in [-0.05, 0) is 17.7 Å². The van der Waals surface area contributed by atoms with E-state index >= 15 is 0 Å². The maximum absolute atomic E-state index is 13.4. The van der Waals surface area contributed by atoms with E-state index in [4.69, 9.17) is 17.3 Å². The van der Waals surface area contributed by atoms with E-state index < -0.39 is 11.8 Å². The van der Waals surface area contributed by atoms with Gasteiger partial charge in [0.1, 0.15) is 5.82 Å². The second-order valence-corrected chi connectivity index (χ2v) is 4.79. The molecule has 0 aliphatic heterocycles. The Morgan fingerprint density at radius 2 is 2.28 bits per heavy atom. The number of aromatic nitrogens is 1. The quantitative estimate of drug-likeness (QED) is 0.862. The van der Waals surface area contributed by atoms with Crippen molar-refractivity contribution in [2.45, 2.75) is 0 Å². The third-order valence-corrected chi connectivity index (χ3v) is 3.44. The smallest absolute Gasteiger partial charge is 0.358 e. The molecule has 94 valence electrons. The van der Waals surface area contributed by atoms with E-state index in [9.17, 15) is 9.18 Å². The van der Waals surface area contributed by atoms with Crippen LogP contribution < -0.4 is 5.73 Å². The molecule has 1 aromatic carbocycles. The number of hydrogen-bond donors (Lipinski definition) is 1. The van der Waals surface area contributed by atoms with Gasteiger partial charge in [0.2, 0.25) is 0 Å². The van der Waals surface area contributed by atoms with Gasteiger partial charge in [-0.2, -0.15) is 0 Å². The zero-order valence-corrected chi connectivity index (χ0v) is 10.8. The first-order chi connectivity index (χ1) is 8.52. The fourth-order valence-electron chi connectivity index (χ4n) is 1.40. The summed E-state index contributed by atoms with van der Waals surface area (Å²) in [6, 6.07) is 4.22. The molecule has 2 rings (SSSR count). The van der Waals surface area contributed by atoms with E-state index in [1.165, 1.54) is 19.2 Å². The SMILES string of the molecule is COC(=O)c1nc(N)sc1-c1ccc(Cl)c(F)c1. The summed E-state index contributed by atoms with van der Waals surface area (Å²) in [6.45, 7) is 0. The van der Waals surface area contributed by atoms with Crippen LogP contribution in [-0.4, -0.2) is 18.1 Å². The van der Waals surface area contributed by atoms with Crippen molar-refractivity contribution in [1.29, 1.82) is 0 Å². The number of benzene rings is 1. The summed E-state index contributed by atoms with van der Waals surface area (Å²) in [5.41, 5.74) is 6.11. The molecule has 0 radical (unpaired) electrons. The van der Waals surface area contributed by atoms with Crippen molar-refractivity contribution >= 4 is 34.0 Å². The maximum Gasteiger partial charge on any atom is 0.358 e. The second-order valence-electron chi connectivity index (χ2n) is 3.35. The molecule has 18 heavy (non-hydrogen) atoms. The van der Waals surface area contributed by atoms with E-state index in [1.54, 1.807) is 6.07 Å². The maximum atomic E-state index is 13.4. The molecule has 2 aromatic rings. The predicted octanol–water partition coefficient (Wildman–Crippen LogP) is 2.97. The lowest BCUT2D eigenvalue weighted by atomic mass is 10.1. The molecule has 0 aliphatic rings. The highest BCUT2D eigenvalue weighted by Gasteiger charge is 2.19. The van der Waals surface area contributed by atoms with Gasteiger partial charge in [0, 0.05) is 0 Å². The standard InChI is InChI=1S/C11H8ClFN2O2S/c1-17-10(16)8-9(18-11(14)15-8)5-2-3-6(12)7(13)4-5/h2-4H,1H3,(H2,14,15). The Kier molecular flexibility index (Phi) is 3.49. The molecule has 2 N–H and O–H groups in total. The predicted molar refractivity (Wildman–Crippen MR) is 68.3 cm³/mol. The van der Waals surface area contributed by atoms with E-state index in [2.05, 4.69) is 9.72 Å². The summed E-state index contributed by atoms with van der Waals surface area (Å²) in [7, 11) is 1.24. The van der Waals surface area contributed by atoms with E-state index in [0.29, 0.717) is 10.4 Å². The number of carbonyl (C=O) groups excluding carboxylic acids is 1. The molecule has 7 heteroatoms. The van der Waals surface area contributed by atoms with Crippen LogP contribution in [0, 0.1) is 5.82 Å². The van der Waals surface area contributed by atoms with Gasteiger partial charge in [-0.1, -0.05) is 29.0 Å². The Balaban J connectivity index is 2.56. The zero-order valence-electron chi connectivity index (χ0n) is 9.24. The van der Waals surface area contributed by atoms with Crippen molar-refractivity contribution < 1.29 is 13.9 Å². The number of anilines is 1. The van der Waals surface area contributed by atoms with Gasteiger partial charge in [-0.15, -0.1) is 0 Å². The highest BCUT2D eigenvalue weighted by atomic mass is 35.5. The Hall–Kier alpha value is -1.66. The molecule has 0 saturated carbocycles. The van der Waals surface area contributed by atoms with Crippen molar-refractivity contribution in [2.75, 3.05) is 12.8 Å². The molecule has 0 fully saturated rings. The van der Waals surface area contributed by atoms with E-state index in [1.807, 2.05) is 0 Å². The summed E-state index contributed by atoms with van der Waals surface area (Å²) in [5.74, 6) is -1.19. The highest BCUT2D eigenvalue weighted by Crippen LogP contribution is 2.33. The van der Waals surface area contributed by atoms with Crippen molar-refractivity contribution in [1.82, 2.24) is 4.98 Å². The number of thiazole rings is 1. The van der Waals surface area contributed by atoms with Gasteiger partial charge in [0.05, 0.1) is 17.0 Å². The van der Waals surface area contributed by atoms with E-state index in [0.717, 1.165) is 11.3 Å². The minimum Gasteiger partial charge on any atom is -0.464 e. The normalized spacial score (nSPS) is 10.4. The monoisotopic (exact) mass is 286 g/mol. The van der Waals surface area contributed by atoms with Crippen LogP contribution >= 0.6 is 22.9 Å². The van der Waals surface area contributed by atoms with Crippen LogP contribution in [0.2, 0.25) is 5.02 Å². The summed E-state index contributed by atoms with van der Waals surface area (Å²) in [4.78, 5) is 15.8. The molecule has 1 heterocycles. The summed E-state index contributed by atoms with van der Waals surface area (Å²) in [5, 5.41) is 0.219. The summed E-state index contributed by atoms with van der Waals surface area (Å²) in [6.07, 6.45) is 0. The number of methoxy groups -OCH3 is 1. The molecule has 4 nitrogen and oxygen atoms in total. The minimum atomic E-state index is -0.617. The Labute approximate surface area is 111 Å². The number of esters is 1. The van der Waals surface area contributed by atoms with Crippen LogP contribution in [0.5, 0.6) is 0 Å². The average Bonchev–Trinajstić information content (AvgIpc) is 2.74. The third kappa shape index (κ3) is 2.30. The van der Waals surface area contributed by atoms with Crippen LogP contribution in [-0.2, 0) is 4.74 Å². The van der Waals surface area contributed by atoms with Crippen molar-refractivity contribution in [3.63, 3.8) is 0 Å². The van der Waals surface area contributed by atoms with Gasteiger partial charge in [-0.3, -0.25) is 0 Å². The number of carbonyl (C=O) groups is 1. The molecule has 0 aliphatic carbocycles. The Morgan fingerprint density at radius 1 is 1.56 bits per heavy atom. The fraction of sp³-hybridized carbons (Fsp3) is 0.0909. The van der Waals surface area contributed by atoms with Crippen LogP contribution in [0.3, 0.4) is 0 Å². The molecule has 0 amide bonds. The Bertz CT molecular complexity index is 615. The molecule has 0 unspecified atom stereocenters. The average molecular weight is 287 g/mol. The molecule has 0 saturated heterocycles. The number of rotatable bonds is 2. The van der Waals surface area contributed by atoms with Gasteiger partial charge < -0.3 is 10.5 Å². The molecule has 0 bridgehead atoms. The van der Waals surface area contributed by atoms with Crippen LogP contribution in [0.1, 0.15) is 10.5 Å². The van der Waals surface area contributed by atoms with Gasteiger partial charge >= 0.3 is 5.97 Å². The third-order valence-electron chi connectivity index (χ3n) is 2.20. The van der Waals surface area contributed by atoms with Crippen LogP contribution in [0.25, 0.3) is 10.4 Å². The first kappa shape index (κ1) is 12.8. The van der Waals surface area contributed by atoms with E-state index in [-0.39, 0.29) is 15.8 Å². The van der Waals surface area contributed by atoms with Gasteiger partial charge in [-0.25, -0.2) is 14.2 Å². The number of nitrogens with zero attached hydrogens (tertiary/aromatic N) is 1. The van der Waals surface area contributed by atoms with Crippen LogP contribution in [0.4, 0.5) is 9.52 Å². The zero-order chi connectivity index (χ0) is 13.3.